The maximum Gasteiger partial charge on any atom is 0.329 e. The molecular weight excluding hydrogens is 262 g/mol. The third-order valence-corrected chi connectivity index (χ3v) is 5.37. The summed E-state index contributed by atoms with van der Waals surface area (Å²) in [5.74, 6) is 1.15. The van der Waals surface area contributed by atoms with Crippen molar-refractivity contribution in [1.29, 1.82) is 0 Å². The van der Waals surface area contributed by atoms with Crippen molar-refractivity contribution in [2.24, 2.45) is 5.92 Å². The van der Waals surface area contributed by atoms with Crippen molar-refractivity contribution in [3.8, 4) is 0 Å². The summed E-state index contributed by atoms with van der Waals surface area (Å²) in [6, 6.07) is 0. The summed E-state index contributed by atoms with van der Waals surface area (Å²) in [6.07, 6.45) is 6.86. The summed E-state index contributed by atoms with van der Waals surface area (Å²) in [4.78, 5) is 23.9. The fourth-order valence-electron chi connectivity index (χ4n) is 3.02. The number of aliphatic carboxylic acids is 1. The minimum atomic E-state index is -1.00. The second-order valence-corrected chi connectivity index (χ2v) is 6.90. The van der Waals surface area contributed by atoms with E-state index in [-0.39, 0.29) is 11.8 Å². The smallest absolute Gasteiger partial charge is 0.329 e. The summed E-state index contributed by atoms with van der Waals surface area (Å²) in [7, 11) is 0. The molecule has 2 fully saturated rings. The van der Waals surface area contributed by atoms with Gasteiger partial charge in [-0.15, -0.1) is 0 Å². The summed E-state index contributed by atoms with van der Waals surface area (Å²) >= 11 is 1.87. The molecule has 2 N–H and O–H groups in total. The summed E-state index contributed by atoms with van der Waals surface area (Å²) in [5.41, 5.74) is -1.00. The molecule has 1 saturated heterocycles. The standard InChI is InChI=1S/C14H23NO3S/c16-12(11-5-9-19-10-6-11)15-14(13(17)18)7-3-1-2-4-8-14/h11H,1-10H2,(H,15,16)(H,17,18). The Hall–Kier alpha value is -0.710. The van der Waals surface area contributed by atoms with E-state index < -0.39 is 11.5 Å². The molecule has 0 aromatic carbocycles. The maximum atomic E-state index is 12.3. The Morgan fingerprint density at radius 2 is 1.63 bits per heavy atom. The quantitative estimate of drug-likeness (QED) is 0.782. The Morgan fingerprint density at radius 3 is 2.16 bits per heavy atom. The van der Waals surface area contributed by atoms with Gasteiger partial charge in [-0.2, -0.15) is 11.8 Å². The van der Waals surface area contributed by atoms with Gasteiger partial charge in [0.1, 0.15) is 5.54 Å². The molecule has 4 nitrogen and oxygen atoms in total. The molecule has 0 spiro atoms. The Labute approximate surface area is 118 Å². The van der Waals surface area contributed by atoms with E-state index in [1.54, 1.807) is 0 Å². The highest BCUT2D eigenvalue weighted by atomic mass is 32.2. The van der Waals surface area contributed by atoms with E-state index in [0.717, 1.165) is 50.0 Å². The Morgan fingerprint density at radius 1 is 1.05 bits per heavy atom. The monoisotopic (exact) mass is 285 g/mol. The predicted octanol–water partition coefficient (Wildman–Crippen LogP) is 2.42. The number of carbonyl (C=O) groups is 2. The zero-order chi connectivity index (χ0) is 13.7. The number of hydrogen-bond acceptors (Lipinski definition) is 3. The SMILES string of the molecule is O=C(NC1(C(=O)O)CCCCCC1)C1CCSCC1. The van der Waals surface area contributed by atoms with Crippen LogP contribution in [0.4, 0.5) is 0 Å². The molecule has 1 aliphatic carbocycles. The number of carboxylic acid groups (broad SMARTS) is 1. The lowest BCUT2D eigenvalue weighted by atomic mass is 9.88. The minimum Gasteiger partial charge on any atom is -0.480 e. The zero-order valence-electron chi connectivity index (χ0n) is 11.3. The fraction of sp³-hybridized carbons (Fsp3) is 0.857. The molecule has 1 saturated carbocycles. The van der Waals surface area contributed by atoms with E-state index in [9.17, 15) is 14.7 Å². The molecule has 1 heterocycles. The van der Waals surface area contributed by atoms with Crippen molar-refractivity contribution in [2.75, 3.05) is 11.5 Å². The largest absolute Gasteiger partial charge is 0.480 e. The van der Waals surface area contributed by atoms with Crippen LogP contribution in [0.5, 0.6) is 0 Å². The van der Waals surface area contributed by atoms with E-state index >= 15 is 0 Å². The van der Waals surface area contributed by atoms with Crippen LogP contribution in [-0.2, 0) is 9.59 Å². The summed E-state index contributed by atoms with van der Waals surface area (Å²) in [5, 5.41) is 12.4. The molecule has 2 aliphatic rings. The van der Waals surface area contributed by atoms with E-state index in [2.05, 4.69) is 5.32 Å². The number of nitrogens with one attached hydrogen (secondary N) is 1. The van der Waals surface area contributed by atoms with Gasteiger partial charge in [0.25, 0.3) is 0 Å². The first-order chi connectivity index (χ1) is 9.14. The van der Waals surface area contributed by atoms with Crippen LogP contribution < -0.4 is 5.32 Å². The molecule has 0 radical (unpaired) electrons. The lowest BCUT2D eigenvalue weighted by molar-refractivity contribution is -0.149. The van der Waals surface area contributed by atoms with Crippen molar-refractivity contribution < 1.29 is 14.7 Å². The first-order valence-corrected chi connectivity index (χ1v) is 8.43. The van der Waals surface area contributed by atoms with Crippen molar-refractivity contribution in [1.82, 2.24) is 5.32 Å². The van der Waals surface area contributed by atoms with E-state index in [1.165, 1.54) is 0 Å². The van der Waals surface area contributed by atoms with Gasteiger partial charge >= 0.3 is 5.97 Å². The molecule has 2 rings (SSSR count). The molecule has 5 heteroatoms. The molecular formula is C14H23NO3S. The van der Waals surface area contributed by atoms with Gasteiger partial charge in [-0.25, -0.2) is 4.79 Å². The summed E-state index contributed by atoms with van der Waals surface area (Å²) < 4.78 is 0. The first kappa shape index (κ1) is 14.7. The second-order valence-electron chi connectivity index (χ2n) is 5.68. The molecule has 0 bridgehead atoms. The third kappa shape index (κ3) is 3.65. The van der Waals surface area contributed by atoms with Crippen molar-refractivity contribution in [2.45, 2.75) is 56.9 Å². The van der Waals surface area contributed by atoms with Crippen LogP contribution in [0.15, 0.2) is 0 Å². The topological polar surface area (TPSA) is 66.4 Å². The van der Waals surface area contributed by atoms with E-state index in [0.29, 0.717) is 12.8 Å². The van der Waals surface area contributed by atoms with Crippen LogP contribution in [-0.4, -0.2) is 34.0 Å². The summed E-state index contributed by atoms with van der Waals surface area (Å²) in [6.45, 7) is 0. The molecule has 0 aromatic heterocycles. The highest BCUT2D eigenvalue weighted by Crippen LogP contribution is 2.29. The molecule has 108 valence electrons. The van der Waals surface area contributed by atoms with Gasteiger partial charge in [-0.05, 0) is 37.2 Å². The minimum absolute atomic E-state index is 0.0146. The van der Waals surface area contributed by atoms with E-state index in [1.807, 2.05) is 11.8 Å². The third-order valence-electron chi connectivity index (χ3n) is 4.32. The van der Waals surface area contributed by atoms with Gasteiger partial charge in [-0.1, -0.05) is 25.7 Å². The Bertz CT molecular complexity index is 332. The molecule has 1 amide bonds. The number of carboxylic acids is 1. The van der Waals surface area contributed by atoms with Crippen molar-refractivity contribution in [3.63, 3.8) is 0 Å². The highest BCUT2D eigenvalue weighted by Gasteiger charge is 2.41. The first-order valence-electron chi connectivity index (χ1n) is 7.27. The molecule has 0 atom stereocenters. The Kier molecular flexibility index (Phi) is 5.13. The van der Waals surface area contributed by atoms with Gasteiger partial charge in [0.2, 0.25) is 5.91 Å². The number of hydrogen-bond donors (Lipinski definition) is 2. The highest BCUT2D eigenvalue weighted by molar-refractivity contribution is 7.99. The molecule has 0 aromatic rings. The van der Waals surface area contributed by atoms with Crippen LogP contribution >= 0.6 is 11.8 Å². The molecule has 19 heavy (non-hydrogen) atoms. The van der Waals surface area contributed by atoms with Crippen LogP contribution in [0, 0.1) is 5.92 Å². The number of thioether (sulfide) groups is 1. The predicted molar refractivity (Wildman–Crippen MR) is 76.3 cm³/mol. The number of rotatable bonds is 3. The molecule has 1 aliphatic heterocycles. The zero-order valence-corrected chi connectivity index (χ0v) is 12.1. The lowest BCUT2D eigenvalue weighted by Gasteiger charge is -2.32. The number of amides is 1. The van der Waals surface area contributed by atoms with Crippen LogP contribution in [0.3, 0.4) is 0 Å². The molecule has 0 unspecified atom stereocenters. The Balaban J connectivity index is 2.02. The van der Waals surface area contributed by atoms with Crippen LogP contribution in [0.25, 0.3) is 0 Å². The van der Waals surface area contributed by atoms with Gasteiger partial charge in [-0.3, -0.25) is 4.79 Å². The van der Waals surface area contributed by atoms with Crippen molar-refractivity contribution in [3.05, 3.63) is 0 Å². The normalized spacial score (nSPS) is 24.4. The fourth-order valence-corrected chi connectivity index (χ4v) is 4.13. The average Bonchev–Trinajstić information content (AvgIpc) is 2.66. The van der Waals surface area contributed by atoms with Crippen molar-refractivity contribution >= 4 is 23.6 Å². The number of carbonyl (C=O) groups excluding carboxylic acids is 1. The maximum absolute atomic E-state index is 12.3. The van der Waals surface area contributed by atoms with E-state index in [4.69, 9.17) is 0 Å². The lowest BCUT2D eigenvalue weighted by Crippen LogP contribution is -2.56. The van der Waals surface area contributed by atoms with Gasteiger partial charge in [0.15, 0.2) is 0 Å². The van der Waals surface area contributed by atoms with Gasteiger partial charge < -0.3 is 10.4 Å². The van der Waals surface area contributed by atoms with Crippen LogP contribution in [0.2, 0.25) is 0 Å². The second kappa shape index (κ2) is 6.64. The van der Waals surface area contributed by atoms with Gasteiger partial charge in [0.05, 0.1) is 0 Å². The average molecular weight is 285 g/mol. The van der Waals surface area contributed by atoms with Crippen LogP contribution in [0.1, 0.15) is 51.4 Å². The van der Waals surface area contributed by atoms with Gasteiger partial charge in [0, 0.05) is 5.92 Å².